The topological polar surface area (TPSA) is 121 Å². The number of anilines is 1. The van der Waals surface area contributed by atoms with Crippen molar-refractivity contribution in [3.8, 4) is 11.1 Å². The van der Waals surface area contributed by atoms with E-state index in [0.717, 1.165) is 17.7 Å². The highest BCUT2D eigenvalue weighted by atomic mass is 32.3. The Kier molecular flexibility index (Phi) is 9.80. The Morgan fingerprint density at radius 3 is 1.77 bits per heavy atom. The number of hydrogen-bond donors (Lipinski definition) is 4. The molecule has 5 N–H and O–H groups in total. The number of hydrogen-bond acceptors (Lipinski definition) is 4. The molecule has 7 heteroatoms. The standard InChI is InChI=1S/C12H11N.C3H8O.H2O4S/c13-12-9-5-4-8-11(12)10-6-2-1-3-7-10;1-2-3-4;1-5(2,3)4/h1-9H,13H2;4H,2-3H2,1H3;(H2,1,2,3,4). The molecule has 0 aliphatic rings. The van der Waals surface area contributed by atoms with E-state index in [1.54, 1.807) is 0 Å². The van der Waals surface area contributed by atoms with Gasteiger partial charge in [-0.25, -0.2) is 0 Å². The minimum atomic E-state index is -4.67. The lowest BCUT2D eigenvalue weighted by atomic mass is 10.0. The summed E-state index contributed by atoms with van der Waals surface area (Å²) in [6.07, 6.45) is 0.875. The smallest absolute Gasteiger partial charge is 0.394 e. The first-order valence-electron chi connectivity index (χ1n) is 6.50. The summed E-state index contributed by atoms with van der Waals surface area (Å²) in [4.78, 5) is 0. The first-order valence-corrected chi connectivity index (χ1v) is 7.90. The van der Waals surface area contributed by atoms with Gasteiger partial charge < -0.3 is 10.8 Å². The summed E-state index contributed by atoms with van der Waals surface area (Å²) in [5, 5.41) is 7.88. The molecule has 0 saturated carbocycles. The van der Waals surface area contributed by atoms with Crippen LogP contribution in [0.15, 0.2) is 54.6 Å². The fraction of sp³-hybridized carbons (Fsp3) is 0.200. The second-order valence-electron chi connectivity index (χ2n) is 4.12. The molecule has 0 aromatic heterocycles. The minimum absolute atomic E-state index is 0.319. The van der Waals surface area contributed by atoms with E-state index in [0.29, 0.717) is 6.61 Å². The molecule has 0 atom stereocenters. The largest absolute Gasteiger partial charge is 0.398 e. The van der Waals surface area contributed by atoms with Crippen molar-refractivity contribution in [2.45, 2.75) is 13.3 Å². The van der Waals surface area contributed by atoms with Crippen LogP contribution in [0.4, 0.5) is 5.69 Å². The number of aliphatic hydroxyl groups is 1. The van der Waals surface area contributed by atoms with Gasteiger partial charge in [0.15, 0.2) is 0 Å². The first kappa shape index (κ1) is 20.1. The molecule has 0 amide bonds. The monoisotopic (exact) mass is 327 g/mol. The van der Waals surface area contributed by atoms with Gasteiger partial charge in [-0.1, -0.05) is 55.5 Å². The Morgan fingerprint density at radius 1 is 0.955 bits per heavy atom. The Hall–Kier alpha value is -1.93. The molecule has 0 heterocycles. The highest BCUT2D eigenvalue weighted by Gasteiger charge is 1.98. The van der Waals surface area contributed by atoms with Crippen LogP contribution in [0.1, 0.15) is 13.3 Å². The fourth-order valence-corrected chi connectivity index (χ4v) is 1.38. The van der Waals surface area contributed by atoms with E-state index in [1.807, 2.05) is 49.4 Å². The molecule has 2 aromatic carbocycles. The molecule has 122 valence electrons. The lowest BCUT2D eigenvalue weighted by Gasteiger charge is -2.03. The average molecular weight is 327 g/mol. The summed E-state index contributed by atoms with van der Waals surface area (Å²) < 4.78 is 31.6. The second-order valence-corrected chi connectivity index (χ2v) is 5.02. The van der Waals surface area contributed by atoms with Crippen molar-refractivity contribution < 1.29 is 22.6 Å². The van der Waals surface area contributed by atoms with E-state index in [-0.39, 0.29) is 0 Å². The van der Waals surface area contributed by atoms with Gasteiger partial charge in [0.05, 0.1) is 0 Å². The third-order valence-electron chi connectivity index (χ3n) is 2.27. The van der Waals surface area contributed by atoms with Crippen molar-refractivity contribution in [2.24, 2.45) is 0 Å². The zero-order valence-corrected chi connectivity index (χ0v) is 13.1. The highest BCUT2D eigenvalue weighted by molar-refractivity contribution is 7.79. The van der Waals surface area contributed by atoms with Crippen molar-refractivity contribution in [3.05, 3.63) is 54.6 Å². The Labute approximate surface area is 130 Å². The number of rotatable bonds is 2. The number of nitrogen functional groups attached to an aromatic ring is 1. The van der Waals surface area contributed by atoms with Crippen molar-refractivity contribution >= 4 is 16.1 Å². The van der Waals surface area contributed by atoms with Crippen molar-refractivity contribution in [3.63, 3.8) is 0 Å². The molecule has 6 nitrogen and oxygen atoms in total. The molecular formula is C15H21NO5S. The molecule has 2 aromatic rings. The van der Waals surface area contributed by atoms with Crippen LogP contribution in [-0.2, 0) is 10.4 Å². The molecule has 0 spiro atoms. The van der Waals surface area contributed by atoms with Crippen molar-refractivity contribution in [1.29, 1.82) is 0 Å². The average Bonchev–Trinajstić information content (AvgIpc) is 2.47. The molecular weight excluding hydrogens is 306 g/mol. The summed E-state index contributed by atoms with van der Waals surface area (Å²) in [5.41, 5.74) is 8.95. The minimum Gasteiger partial charge on any atom is -0.398 e. The first-order chi connectivity index (χ1) is 10.3. The maximum Gasteiger partial charge on any atom is 0.394 e. The Morgan fingerprint density at radius 2 is 1.36 bits per heavy atom. The van der Waals surface area contributed by atoms with Gasteiger partial charge in [0.1, 0.15) is 0 Å². The molecule has 0 aliphatic heterocycles. The fourth-order valence-electron chi connectivity index (χ4n) is 1.38. The van der Waals surface area contributed by atoms with Crippen LogP contribution in [0.3, 0.4) is 0 Å². The van der Waals surface area contributed by atoms with Gasteiger partial charge in [0.2, 0.25) is 0 Å². The highest BCUT2D eigenvalue weighted by Crippen LogP contribution is 2.24. The van der Waals surface area contributed by atoms with Crippen LogP contribution in [0, 0.1) is 0 Å². The second kappa shape index (κ2) is 10.7. The van der Waals surface area contributed by atoms with Crippen LogP contribution in [0.2, 0.25) is 0 Å². The predicted octanol–water partition coefficient (Wildman–Crippen LogP) is 2.67. The molecule has 2 rings (SSSR count). The third kappa shape index (κ3) is 10.8. The van der Waals surface area contributed by atoms with Gasteiger partial charge in [-0.15, -0.1) is 0 Å². The number of aliphatic hydroxyl groups excluding tert-OH is 1. The quantitative estimate of drug-likeness (QED) is 0.497. The van der Waals surface area contributed by atoms with Crippen LogP contribution < -0.4 is 5.73 Å². The van der Waals surface area contributed by atoms with E-state index in [9.17, 15) is 0 Å². The summed E-state index contributed by atoms with van der Waals surface area (Å²) >= 11 is 0. The molecule has 0 fully saturated rings. The number of benzene rings is 2. The van der Waals surface area contributed by atoms with Crippen molar-refractivity contribution in [1.82, 2.24) is 0 Å². The lowest BCUT2D eigenvalue weighted by molar-refractivity contribution is 0.295. The molecule has 0 bridgehead atoms. The van der Waals surface area contributed by atoms with Crippen LogP contribution in [0.25, 0.3) is 11.1 Å². The Bertz CT molecular complexity index is 619. The molecule has 0 radical (unpaired) electrons. The molecule has 0 aliphatic carbocycles. The van der Waals surface area contributed by atoms with E-state index in [4.69, 9.17) is 28.4 Å². The van der Waals surface area contributed by atoms with Gasteiger partial charge in [-0.05, 0) is 18.1 Å². The summed E-state index contributed by atoms with van der Waals surface area (Å²) in [6.45, 7) is 2.25. The number of nitrogens with two attached hydrogens (primary N) is 1. The predicted molar refractivity (Wildman–Crippen MR) is 87.8 cm³/mol. The van der Waals surface area contributed by atoms with E-state index in [2.05, 4.69) is 12.1 Å². The summed E-state index contributed by atoms with van der Waals surface area (Å²) in [5.74, 6) is 0. The van der Waals surface area contributed by atoms with Crippen LogP contribution in [0.5, 0.6) is 0 Å². The summed E-state index contributed by atoms with van der Waals surface area (Å²) in [7, 11) is -4.67. The van der Waals surface area contributed by atoms with E-state index < -0.39 is 10.4 Å². The number of para-hydroxylation sites is 1. The molecule has 0 unspecified atom stereocenters. The van der Waals surface area contributed by atoms with Crippen LogP contribution in [-0.4, -0.2) is 29.2 Å². The summed E-state index contributed by atoms with van der Waals surface area (Å²) in [6, 6.07) is 18.1. The third-order valence-corrected chi connectivity index (χ3v) is 2.27. The van der Waals surface area contributed by atoms with E-state index >= 15 is 0 Å². The zero-order chi connectivity index (χ0) is 17.0. The lowest BCUT2D eigenvalue weighted by Crippen LogP contribution is -1.89. The Balaban J connectivity index is 0.000000411. The van der Waals surface area contributed by atoms with Crippen LogP contribution >= 0.6 is 0 Å². The zero-order valence-electron chi connectivity index (χ0n) is 12.3. The van der Waals surface area contributed by atoms with Gasteiger partial charge in [-0.3, -0.25) is 9.11 Å². The molecule has 0 saturated heterocycles. The SMILES string of the molecule is CCCO.Nc1ccccc1-c1ccccc1.O=S(=O)(O)O. The van der Waals surface area contributed by atoms with Gasteiger partial charge >= 0.3 is 10.4 Å². The van der Waals surface area contributed by atoms with Gasteiger partial charge in [0, 0.05) is 17.9 Å². The normalized spacial score (nSPS) is 9.82. The van der Waals surface area contributed by atoms with E-state index in [1.165, 1.54) is 5.56 Å². The molecule has 22 heavy (non-hydrogen) atoms. The van der Waals surface area contributed by atoms with Crippen molar-refractivity contribution in [2.75, 3.05) is 12.3 Å². The van der Waals surface area contributed by atoms with Gasteiger partial charge in [0.25, 0.3) is 0 Å². The van der Waals surface area contributed by atoms with Gasteiger partial charge in [-0.2, -0.15) is 8.42 Å². The maximum absolute atomic E-state index is 8.74. The maximum atomic E-state index is 8.74.